The molecule has 23 heavy (non-hydrogen) atoms. The summed E-state index contributed by atoms with van der Waals surface area (Å²) in [6, 6.07) is 7.76. The number of para-hydroxylation sites is 2. The first-order valence-electron chi connectivity index (χ1n) is 8.60. The quantitative estimate of drug-likeness (QED) is 0.796. The Balaban J connectivity index is 1.66. The summed E-state index contributed by atoms with van der Waals surface area (Å²) in [5.41, 5.74) is 0.954. The number of carbonyl (C=O) groups excluding carboxylic acids is 1. The zero-order valence-corrected chi connectivity index (χ0v) is 13.5. The standard InChI is InChI=1S/C18H26N2O3/c21-14-7-11-20(12-8-14)16-6-2-1-5-15(16)19-17(22)13-18(23)9-3-4-10-18/h1-2,5-6,14,21,23H,3-4,7-13H2,(H,19,22). The molecule has 5 nitrogen and oxygen atoms in total. The van der Waals surface area contributed by atoms with Gasteiger partial charge in [-0.15, -0.1) is 0 Å². The highest BCUT2D eigenvalue weighted by atomic mass is 16.3. The zero-order chi connectivity index (χ0) is 16.3. The molecule has 3 rings (SSSR count). The number of hydrogen-bond acceptors (Lipinski definition) is 4. The van der Waals surface area contributed by atoms with Crippen LogP contribution in [0.25, 0.3) is 0 Å². The molecular weight excluding hydrogens is 292 g/mol. The molecular formula is C18H26N2O3. The minimum atomic E-state index is -0.825. The number of amides is 1. The molecule has 0 atom stereocenters. The van der Waals surface area contributed by atoms with E-state index in [2.05, 4.69) is 10.2 Å². The van der Waals surface area contributed by atoms with Gasteiger partial charge in [0.15, 0.2) is 0 Å². The Morgan fingerprint density at radius 1 is 1.22 bits per heavy atom. The molecule has 0 bridgehead atoms. The molecule has 1 aromatic carbocycles. The topological polar surface area (TPSA) is 72.8 Å². The number of rotatable bonds is 4. The van der Waals surface area contributed by atoms with Gasteiger partial charge in [-0.2, -0.15) is 0 Å². The minimum absolute atomic E-state index is 0.126. The Bertz CT molecular complexity index is 547. The lowest BCUT2D eigenvalue weighted by atomic mass is 9.97. The molecule has 1 aliphatic carbocycles. The van der Waals surface area contributed by atoms with Crippen molar-refractivity contribution in [2.75, 3.05) is 23.3 Å². The summed E-state index contributed by atoms with van der Waals surface area (Å²) in [7, 11) is 0. The summed E-state index contributed by atoms with van der Waals surface area (Å²) < 4.78 is 0. The first-order valence-corrected chi connectivity index (χ1v) is 8.60. The predicted molar refractivity (Wildman–Crippen MR) is 90.6 cm³/mol. The maximum absolute atomic E-state index is 12.3. The molecule has 5 heteroatoms. The van der Waals surface area contributed by atoms with Gasteiger partial charge in [0, 0.05) is 13.1 Å². The van der Waals surface area contributed by atoms with Crippen molar-refractivity contribution in [3.8, 4) is 0 Å². The van der Waals surface area contributed by atoms with Crippen molar-refractivity contribution in [3.63, 3.8) is 0 Å². The van der Waals surface area contributed by atoms with Gasteiger partial charge in [-0.3, -0.25) is 4.79 Å². The fourth-order valence-corrected chi connectivity index (χ4v) is 3.67. The Kier molecular flexibility index (Phi) is 4.87. The summed E-state index contributed by atoms with van der Waals surface area (Å²) in [6.45, 7) is 1.58. The zero-order valence-electron chi connectivity index (χ0n) is 13.5. The van der Waals surface area contributed by atoms with Crippen LogP contribution in [0, 0.1) is 0 Å². The smallest absolute Gasteiger partial charge is 0.227 e. The van der Waals surface area contributed by atoms with Crippen molar-refractivity contribution >= 4 is 17.3 Å². The Morgan fingerprint density at radius 2 is 1.87 bits per heavy atom. The molecule has 2 aliphatic rings. The Labute approximate surface area is 137 Å². The van der Waals surface area contributed by atoms with Crippen molar-refractivity contribution in [3.05, 3.63) is 24.3 Å². The van der Waals surface area contributed by atoms with E-state index in [4.69, 9.17) is 0 Å². The highest BCUT2D eigenvalue weighted by Crippen LogP contribution is 2.33. The lowest BCUT2D eigenvalue weighted by molar-refractivity contribution is -0.120. The largest absolute Gasteiger partial charge is 0.393 e. The normalized spacial score (nSPS) is 21.4. The average molecular weight is 318 g/mol. The number of nitrogens with zero attached hydrogens (tertiary/aromatic N) is 1. The lowest BCUT2D eigenvalue weighted by Crippen LogP contribution is -2.36. The van der Waals surface area contributed by atoms with Crippen LogP contribution in [0.4, 0.5) is 11.4 Å². The van der Waals surface area contributed by atoms with E-state index in [1.165, 1.54) is 0 Å². The monoisotopic (exact) mass is 318 g/mol. The van der Waals surface area contributed by atoms with E-state index in [9.17, 15) is 15.0 Å². The fourth-order valence-electron chi connectivity index (χ4n) is 3.67. The molecule has 0 aromatic heterocycles. The van der Waals surface area contributed by atoms with Crippen LogP contribution in [0.15, 0.2) is 24.3 Å². The first-order chi connectivity index (χ1) is 11.1. The van der Waals surface area contributed by atoms with Gasteiger partial charge in [0.1, 0.15) is 0 Å². The maximum atomic E-state index is 12.3. The van der Waals surface area contributed by atoms with Gasteiger partial charge >= 0.3 is 0 Å². The molecule has 2 fully saturated rings. The highest BCUT2D eigenvalue weighted by molar-refractivity contribution is 5.95. The number of piperidine rings is 1. The van der Waals surface area contributed by atoms with Crippen LogP contribution >= 0.6 is 0 Å². The molecule has 1 aliphatic heterocycles. The molecule has 126 valence electrons. The second kappa shape index (κ2) is 6.89. The number of nitrogens with one attached hydrogen (secondary N) is 1. The van der Waals surface area contributed by atoms with Crippen LogP contribution in [-0.2, 0) is 4.79 Å². The molecule has 1 aromatic rings. The maximum Gasteiger partial charge on any atom is 0.227 e. The van der Waals surface area contributed by atoms with Gasteiger partial charge in [-0.05, 0) is 37.8 Å². The second-order valence-electron chi connectivity index (χ2n) is 6.89. The average Bonchev–Trinajstić information content (AvgIpc) is 2.95. The molecule has 1 heterocycles. The van der Waals surface area contributed by atoms with Crippen LogP contribution < -0.4 is 10.2 Å². The summed E-state index contributed by atoms with van der Waals surface area (Å²) in [5, 5.41) is 23.0. The van der Waals surface area contributed by atoms with E-state index in [0.29, 0.717) is 12.8 Å². The number of benzene rings is 1. The molecule has 1 amide bonds. The highest BCUT2D eigenvalue weighted by Gasteiger charge is 2.33. The number of hydrogen-bond donors (Lipinski definition) is 3. The van der Waals surface area contributed by atoms with Crippen molar-refractivity contribution in [1.29, 1.82) is 0 Å². The van der Waals surface area contributed by atoms with Gasteiger partial charge < -0.3 is 20.4 Å². The predicted octanol–water partition coefficient (Wildman–Crippen LogP) is 2.28. The number of aliphatic hydroxyl groups is 2. The van der Waals surface area contributed by atoms with E-state index in [-0.39, 0.29) is 18.4 Å². The molecule has 0 radical (unpaired) electrons. The SMILES string of the molecule is O=C(CC1(O)CCCC1)Nc1ccccc1N1CCC(O)CC1. The molecule has 3 N–H and O–H groups in total. The number of anilines is 2. The van der Waals surface area contributed by atoms with Gasteiger partial charge in [0.2, 0.25) is 5.91 Å². The second-order valence-corrected chi connectivity index (χ2v) is 6.89. The summed E-state index contributed by atoms with van der Waals surface area (Å²) >= 11 is 0. The molecule has 1 saturated carbocycles. The van der Waals surface area contributed by atoms with E-state index >= 15 is 0 Å². The van der Waals surface area contributed by atoms with Crippen LogP contribution in [0.5, 0.6) is 0 Å². The third-order valence-corrected chi connectivity index (χ3v) is 5.01. The minimum Gasteiger partial charge on any atom is -0.393 e. The van der Waals surface area contributed by atoms with Crippen LogP contribution in [0.2, 0.25) is 0 Å². The van der Waals surface area contributed by atoms with Crippen molar-refractivity contribution < 1.29 is 15.0 Å². The Morgan fingerprint density at radius 3 is 2.57 bits per heavy atom. The fraction of sp³-hybridized carbons (Fsp3) is 0.611. The number of carbonyl (C=O) groups is 1. The van der Waals surface area contributed by atoms with E-state index < -0.39 is 5.60 Å². The molecule has 0 spiro atoms. The first kappa shape index (κ1) is 16.3. The van der Waals surface area contributed by atoms with Crippen molar-refractivity contribution in [2.45, 2.75) is 56.7 Å². The summed E-state index contributed by atoms with van der Waals surface area (Å²) in [5.74, 6) is -0.126. The van der Waals surface area contributed by atoms with Crippen LogP contribution in [0.1, 0.15) is 44.9 Å². The third-order valence-electron chi connectivity index (χ3n) is 5.01. The van der Waals surface area contributed by atoms with Gasteiger partial charge in [0.05, 0.1) is 29.5 Å². The van der Waals surface area contributed by atoms with E-state index in [1.54, 1.807) is 0 Å². The van der Waals surface area contributed by atoms with E-state index in [0.717, 1.165) is 50.1 Å². The summed E-state index contributed by atoms with van der Waals surface area (Å²) in [6.07, 6.45) is 4.87. The Hall–Kier alpha value is -1.59. The van der Waals surface area contributed by atoms with Gasteiger partial charge in [-0.1, -0.05) is 25.0 Å². The van der Waals surface area contributed by atoms with Crippen LogP contribution in [0.3, 0.4) is 0 Å². The van der Waals surface area contributed by atoms with Crippen LogP contribution in [-0.4, -0.2) is 40.9 Å². The van der Waals surface area contributed by atoms with E-state index in [1.807, 2.05) is 24.3 Å². The molecule has 0 unspecified atom stereocenters. The molecule has 1 saturated heterocycles. The van der Waals surface area contributed by atoms with Crippen molar-refractivity contribution in [1.82, 2.24) is 0 Å². The van der Waals surface area contributed by atoms with Crippen molar-refractivity contribution in [2.24, 2.45) is 0 Å². The van der Waals surface area contributed by atoms with Gasteiger partial charge in [0.25, 0.3) is 0 Å². The number of aliphatic hydroxyl groups excluding tert-OH is 1. The van der Waals surface area contributed by atoms with Gasteiger partial charge in [-0.25, -0.2) is 0 Å². The third kappa shape index (κ3) is 4.03. The lowest BCUT2D eigenvalue weighted by Gasteiger charge is -2.33. The summed E-state index contributed by atoms with van der Waals surface area (Å²) in [4.78, 5) is 14.5.